The molecule has 2 rings (SSSR count). The van der Waals surface area contributed by atoms with Crippen LogP contribution in [-0.4, -0.2) is 30.6 Å². The molecule has 1 aromatic rings. The molecule has 0 unspecified atom stereocenters. The average Bonchev–Trinajstić information content (AvgIpc) is 2.48. The van der Waals surface area contributed by atoms with Gasteiger partial charge in [0, 0.05) is 13.1 Å². The molecule has 0 aliphatic carbocycles. The van der Waals surface area contributed by atoms with Crippen molar-refractivity contribution >= 4 is 23.4 Å². The van der Waals surface area contributed by atoms with E-state index in [1.165, 1.54) is 0 Å². The number of carbonyl (C=O) groups excluding carboxylic acids is 1. The Morgan fingerprint density at radius 2 is 2.25 bits per heavy atom. The molecule has 6 heteroatoms. The van der Waals surface area contributed by atoms with Crippen LogP contribution in [0.5, 0.6) is 0 Å². The number of carbonyl (C=O) groups is 1. The van der Waals surface area contributed by atoms with Crippen LogP contribution in [0.3, 0.4) is 0 Å². The topological polar surface area (TPSA) is 66.2 Å². The van der Waals surface area contributed by atoms with Gasteiger partial charge < -0.3 is 9.64 Å². The molecule has 1 aliphatic rings. The number of rotatable bonds is 3. The molecular weight excluding hydrogens is 278 g/mol. The van der Waals surface area contributed by atoms with Crippen molar-refractivity contribution in [3.05, 3.63) is 22.8 Å². The zero-order valence-electron chi connectivity index (χ0n) is 11.3. The van der Waals surface area contributed by atoms with Crippen LogP contribution in [0.4, 0.5) is 5.82 Å². The lowest BCUT2D eigenvalue weighted by Gasteiger charge is -2.31. The van der Waals surface area contributed by atoms with Crippen molar-refractivity contribution < 1.29 is 9.53 Å². The zero-order valence-corrected chi connectivity index (χ0v) is 12.1. The second-order valence-electron chi connectivity index (χ2n) is 4.63. The fourth-order valence-corrected chi connectivity index (χ4v) is 2.44. The summed E-state index contributed by atoms with van der Waals surface area (Å²) in [7, 11) is 0. The van der Waals surface area contributed by atoms with Crippen LogP contribution in [0.1, 0.15) is 25.5 Å². The highest BCUT2D eigenvalue weighted by Crippen LogP contribution is 2.24. The number of pyridine rings is 1. The highest BCUT2D eigenvalue weighted by molar-refractivity contribution is 6.31. The summed E-state index contributed by atoms with van der Waals surface area (Å²) < 4.78 is 5.04. The predicted molar refractivity (Wildman–Crippen MR) is 75.5 cm³/mol. The third-order valence-corrected chi connectivity index (χ3v) is 3.68. The average molecular weight is 294 g/mol. The minimum absolute atomic E-state index is 0.0334. The second-order valence-corrected chi connectivity index (χ2v) is 5.03. The smallest absolute Gasteiger partial charge is 0.309 e. The normalized spacial score (nSPS) is 15.8. The van der Waals surface area contributed by atoms with E-state index in [9.17, 15) is 4.79 Å². The van der Waals surface area contributed by atoms with Crippen molar-refractivity contribution in [2.75, 3.05) is 24.6 Å². The number of aromatic nitrogens is 1. The Hall–Kier alpha value is -1.80. The Morgan fingerprint density at radius 3 is 2.85 bits per heavy atom. The molecule has 0 bridgehead atoms. The first-order valence-electron chi connectivity index (χ1n) is 6.64. The first-order valence-corrected chi connectivity index (χ1v) is 7.01. The summed E-state index contributed by atoms with van der Waals surface area (Å²) in [6.45, 7) is 3.68. The standard InChI is InChI=1S/C14H16ClN3O2/c1-2-20-14(19)10-5-7-18(8-6-10)13-4-3-11(15)12(9-16)17-13/h3-4,10H,2,5-8H2,1H3. The van der Waals surface area contributed by atoms with Crippen molar-refractivity contribution in [2.45, 2.75) is 19.8 Å². The van der Waals surface area contributed by atoms with E-state index >= 15 is 0 Å². The summed E-state index contributed by atoms with van der Waals surface area (Å²) in [5.74, 6) is 0.580. The molecule has 0 radical (unpaired) electrons. The maximum Gasteiger partial charge on any atom is 0.309 e. The quantitative estimate of drug-likeness (QED) is 0.801. The molecule has 1 fully saturated rings. The number of halogens is 1. The molecule has 0 N–H and O–H groups in total. The van der Waals surface area contributed by atoms with Gasteiger partial charge in [0.1, 0.15) is 11.9 Å². The summed E-state index contributed by atoms with van der Waals surface area (Å²) in [4.78, 5) is 18.0. The van der Waals surface area contributed by atoms with Gasteiger partial charge in [0.2, 0.25) is 0 Å². The van der Waals surface area contributed by atoms with Gasteiger partial charge in [-0.15, -0.1) is 0 Å². The maximum absolute atomic E-state index is 11.7. The SMILES string of the molecule is CCOC(=O)C1CCN(c2ccc(Cl)c(C#N)n2)CC1. The summed E-state index contributed by atoms with van der Waals surface area (Å²) in [5.41, 5.74) is 0.233. The summed E-state index contributed by atoms with van der Waals surface area (Å²) in [6.07, 6.45) is 1.48. The van der Waals surface area contributed by atoms with E-state index in [1.807, 2.05) is 13.0 Å². The first-order chi connectivity index (χ1) is 9.65. The minimum Gasteiger partial charge on any atom is -0.466 e. The van der Waals surface area contributed by atoms with Crippen molar-refractivity contribution in [3.63, 3.8) is 0 Å². The second kappa shape index (κ2) is 6.58. The van der Waals surface area contributed by atoms with Crippen LogP contribution in [-0.2, 0) is 9.53 Å². The summed E-state index contributed by atoms with van der Waals surface area (Å²) in [6, 6.07) is 5.45. The molecule has 0 amide bonds. The number of nitriles is 1. The number of ether oxygens (including phenoxy) is 1. The fraction of sp³-hybridized carbons (Fsp3) is 0.500. The summed E-state index contributed by atoms with van der Waals surface area (Å²) >= 11 is 5.87. The van der Waals surface area contributed by atoms with Gasteiger partial charge in [0.25, 0.3) is 0 Å². The van der Waals surface area contributed by atoms with E-state index in [0.29, 0.717) is 11.6 Å². The molecular formula is C14H16ClN3O2. The fourth-order valence-electron chi connectivity index (χ4n) is 2.29. The third kappa shape index (κ3) is 3.20. The van der Waals surface area contributed by atoms with Crippen molar-refractivity contribution in [1.29, 1.82) is 5.26 Å². The van der Waals surface area contributed by atoms with Crippen LogP contribution in [0.2, 0.25) is 5.02 Å². The number of hydrogen-bond donors (Lipinski definition) is 0. The van der Waals surface area contributed by atoms with Crippen molar-refractivity contribution in [2.24, 2.45) is 5.92 Å². The number of hydrogen-bond acceptors (Lipinski definition) is 5. The maximum atomic E-state index is 11.7. The highest BCUT2D eigenvalue weighted by atomic mass is 35.5. The van der Waals surface area contributed by atoms with E-state index in [1.54, 1.807) is 12.1 Å². The Balaban J connectivity index is 2.01. The molecule has 0 saturated carbocycles. The predicted octanol–water partition coefficient (Wildman–Crippen LogP) is 2.39. The molecule has 5 nitrogen and oxygen atoms in total. The van der Waals surface area contributed by atoms with Gasteiger partial charge >= 0.3 is 5.97 Å². The molecule has 2 heterocycles. The van der Waals surface area contributed by atoms with Crippen LogP contribution >= 0.6 is 11.6 Å². The van der Waals surface area contributed by atoms with E-state index in [2.05, 4.69) is 9.88 Å². The van der Waals surface area contributed by atoms with Crippen LogP contribution in [0, 0.1) is 17.2 Å². The van der Waals surface area contributed by atoms with Crippen LogP contribution in [0.25, 0.3) is 0 Å². The number of anilines is 1. The Bertz CT molecular complexity index is 534. The van der Waals surface area contributed by atoms with Gasteiger partial charge in [0.05, 0.1) is 17.5 Å². The van der Waals surface area contributed by atoms with Gasteiger partial charge in [-0.2, -0.15) is 5.26 Å². The van der Waals surface area contributed by atoms with E-state index in [4.69, 9.17) is 21.6 Å². The third-order valence-electron chi connectivity index (χ3n) is 3.38. The Morgan fingerprint density at radius 1 is 1.55 bits per heavy atom. The first kappa shape index (κ1) is 14.6. The monoisotopic (exact) mass is 293 g/mol. The van der Waals surface area contributed by atoms with Gasteiger partial charge in [-0.25, -0.2) is 4.98 Å². The van der Waals surface area contributed by atoms with Crippen molar-refractivity contribution in [3.8, 4) is 6.07 Å². The van der Waals surface area contributed by atoms with Crippen LogP contribution in [0.15, 0.2) is 12.1 Å². The lowest BCUT2D eigenvalue weighted by atomic mass is 9.97. The molecule has 0 aromatic carbocycles. The van der Waals surface area contributed by atoms with Gasteiger partial charge in [-0.05, 0) is 31.9 Å². The lowest BCUT2D eigenvalue weighted by molar-refractivity contribution is -0.148. The summed E-state index contributed by atoms with van der Waals surface area (Å²) in [5, 5.41) is 9.30. The van der Waals surface area contributed by atoms with Gasteiger partial charge in [-0.1, -0.05) is 11.6 Å². The van der Waals surface area contributed by atoms with E-state index < -0.39 is 0 Å². The molecule has 1 aromatic heterocycles. The van der Waals surface area contributed by atoms with Crippen molar-refractivity contribution in [1.82, 2.24) is 4.98 Å². The number of nitrogens with zero attached hydrogens (tertiary/aromatic N) is 3. The van der Waals surface area contributed by atoms with E-state index in [0.717, 1.165) is 31.7 Å². The van der Waals surface area contributed by atoms with Gasteiger partial charge in [0.15, 0.2) is 5.69 Å². The zero-order chi connectivity index (χ0) is 14.5. The largest absolute Gasteiger partial charge is 0.466 e. The molecule has 0 atom stereocenters. The van der Waals surface area contributed by atoms with Crippen LogP contribution < -0.4 is 4.90 Å². The highest BCUT2D eigenvalue weighted by Gasteiger charge is 2.26. The Kier molecular flexibility index (Phi) is 4.80. The number of esters is 1. The minimum atomic E-state index is -0.117. The molecule has 0 spiro atoms. The number of piperidine rings is 1. The molecule has 1 saturated heterocycles. The van der Waals surface area contributed by atoms with Gasteiger partial charge in [-0.3, -0.25) is 4.79 Å². The Labute approximate surface area is 123 Å². The molecule has 106 valence electrons. The molecule has 1 aliphatic heterocycles. The lowest BCUT2D eigenvalue weighted by Crippen LogP contribution is -2.37. The molecule has 20 heavy (non-hydrogen) atoms. The van der Waals surface area contributed by atoms with E-state index in [-0.39, 0.29) is 17.6 Å².